The van der Waals surface area contributed by atoms with E-state index >= 15 is 0 Å². The van der Waals surface area contributed by atoms with Gasteiger partial charge in [-0.25, -0.2) is 4.98 Å². The fourth-order valence-corrected chi connectivity index (χ4v) is 1.85. The van der Waals surface area contributed by atoms with Gasteiger partial charge in [-0.05, 0) is 45.1 Å². The van der Waals surface area contributed by atoms with Gasteiger partial charge in [0.15, 0.2) is 0 Å². The van der Waals surface area contributed by atoms with Crippen molar-refractivity contribution in [3.05, 3.63) is 23.9 Å². The molecule has 0 amide bonds. The molecule has 102 valence electrons. The normalized spacial score (nSPS) is 10.9. The van der Waals surface area contributed by atoms with Crippen LogP contribution in [0.1, 0.15) is 18.9 Å². The highest BCUT2D eigenvalue weighted by Crippen LogP contribution is 2.12. The molecule has 1 rings (SSSR count). The standard InChI is InChI=1S/C14H26N4/c1-4-9-18(11-10-17(2)3)14-6-5-13(7-8-15)12-16-14/h5-6,12H,4,7-11,15H2,1-3H3. The minimum absolute atomic E-state index is 0.681. The molecule has 0 aliphatic heterocycles. The van der Waals surface area contributed by atoms with E-state index in [1.807, 2.05) is 6.20 Å². The topological polar surface area (TPSA) is 45.4 Å². The lowest BCUT2D eigenvalue weighted by atomic mass is 10.2. The molecule has 0 radical (unpaired) electrons. The average Bonchev–Trinajstić information content (AvgIpc) is 2.36. The van der Waals surface area contributed by atoms with Crippen LogP contribution in [0, 0.1) is 0 Å². The zero-order valence-electron chi connectivity index (χ0n) is 11.9. The van der Waals surface area contributed by atoms with E-state index in [0.717, 1.165) is 38.3 Å². The number of hydrogen-bond acceptors (Lipinski definition) is 4. The van der Waals surface area contributed by atoms with Gasteiger partial charge in [0.2, 0.25) is 0 Å². The van der Waals surface area contributed by atoms with E-state index in [4.69, 9.17) is 5.73 Å². The van der Waals surface area contributed by atoms with Gasteiger partial charge in [0, 0.05) is 25.8 Å². The fraction of sp³-hybridized carbons (Fsp3) is 0.643. The number of nitrogens with two attached hydrogens (primary N) is 1. The van der Waals surface area contributed by atoms with Crippen LogP contribution in [0.25, 0.3) is 0 Å². The van der Waals surface area contributed by atoms with Crippen LogP contribution in [0.4, 0.5) is 5.82 Å². The Kier molecular flexibility index (Phi) is 6.68. The van der Waals surface area contributed by atoms with E-state index in [1.165, 1.54) is 5.56 Å². The highest BCUT2D eigenvalue weighted by atomic mass is 15.2. The van der Waals surface area contributed by atoms with Crippen LogP contribution >= 0.6 is 0 Å². The van der Waals surface area contributed by atoms with Crippen LogP contribution in [-0.2, 0) is 6.42 Å². The Morgan fingerprint density at radius 3 is 2.44 bits per heavy atom. The third-order valence-electron chi connectivity index (χ3n) is 2.88. The van der Waals surface area contributed by atoms with E-state index in [2.05, 4.69) is 47.9 Å². The second-order valence-corrected chi connectivity index (χ2v) is 4.85. The molecule has 0 unspecified atom stereocenters. The Morgan fingerprint density at radius 2 is 1.94 bits per heavy atom. The fourth-order valence-electron chi connectivity index (χ4n) is 1.85. The molecule has 0 saturated heterocycles. The molecule has 0 saturated carbocycles. The molecule has 0 fully saturated rings. The summed E-state index contributed by atoms with van der Waals surface area (Å²) in [6, 6.07) is 4.24. The van der Waals surface area contributed by atoms with E-state index in [1.54, 1.807) is 0 Å². The third-order valence-corrected chi connectivity index (χ3v) is 2.88. The predicted octanol–water partition coefficient (Wildman–Crippen LogP) is 1.36. The molecular weight excluding hydrogens is 224 g/mol. The van der Waals surface area contributed by atoms with Gasteiger partial charge in [-0.3, -0.25) is 0 Å². The molecular formula is C14H26N4. The van der Waals surface area contributed by atoms with Crippen LogP contribution < -0.4 is 10.6 Å². The zero-order chi connectivity index (χ0) is 13.4. The van der Waals surface area contributed by atoms with Crippen molar-refractivity contribution in [2.24, 2.45) is 5.73 Å². The van der Waals surface area contributed by atoms with E-state index in [-0.39, 0.29) is 0 Å². The molecule has 0 atom stereocenters. The Morgan fingerprint density at radius 1 is 1.17 bits per heavy atom. The van der Waals surface area contributed by atoms with Crippen molar-refractivity contribution in [1.29, 1.82) is 0 Å². The van der Waals surface area contributed by atoms with Gasteiger partial charge in [-0.2, -0.15) is 0 Å². The van der Waals surface area contributed by atoms with Gasteiger partial charge in [-0.15, -0.1) is 0 Å². The van der Waals surface area contributed by atoms with Gasteiger partial charge in [-0.1, -0.05) is 13.0 Å². The molecule has 18 heavy (non-hydrogen) atoms. The van der Waals surface area contributed by atoms with Crippen molar-refractivity contribution >= 4 is 5.82 Å². The summed E-state index contributed by atoms with van der Waals surface area (Å²) < 4.78 is 0. The summed E-state index contributed by atoms with van der Waals surface area (Å²) in [4.78, 5) is 9.09. The highest BCUT2D eigenvalue weighted by molar-refractivity contribution is 5.39. The van der Waals surface area contributed by atoms with Gasteiger partial charge in [0.25, 0.3) is 0 Å². The zero-order valence-corrected chi connectivity index (χ0v) is 11.9. The van der Waals surface area contributed by atoms with Gasteiger partial charge < -0.3 is 15.5 Å². The molecule has 2 N–H and O–H groups in total. The summed E-state index contributed by atoms with van der Waals surface area (Å²) in [7, 11) is 4.20. The summed E-state index contributed by atoms with van der Waals surface area (Å²) in [5.74, 6) is 1.07. The molecule has 0 aromatic carbocycles. The van der Waals surface area contributed by atoms with Crippen molar-refractivity contribution < 1.29 is 0 Å². The molecule has 4 nitrogen and oxygen atoms in total. The maximum absolute atomic E-state index is 5.54. The maximum Gasteiger partial charge on any atom is 0.128 e. The smallest absolute Gasteiger partial charge is 0.128 e. The summed E-state index contributed by atoms with van der Waals surface area (Å²) in [6.45, 7) is 6.00. The number of rotatable bonds is 8. The number of nitrogens with zero attached hydrogens (tertiary/aromatic N) is 3. The first-order valence-corrected chi connectivity index (χ1v) is 6.72. The largest absolute Gasteiger partial charge is 0.355 e. The lowest BCUT2D eigenvalue weighted by Crippen LogP contribution is -2.32. The molecule has 0 bridgehead atoms. The number of likely N-dealkylation sites (N-methyl/N-ethyl adjacent to an activating group) is 1. The molecule has 1 aromatic rings. The van der Waals surface area contributed by atoms with Crippen molar-refractivity contribution in [2.75, 3.05) is 45.2 Å². The first-order chi connectivity index (χ1) is 8.67. The first kappa shape index (κ1) is 14.9. The van der Waals surface area contributed by atoms with Crippen LogP contribution in [0.3, 0.4) is 0 Å². The SMILES string of the molecule is CCCN(CCN(C)C)c1ccc(CCN)cn1. The summed E-state index contributed by atoms with van der Waals surface area (Å²) >= 11 is 0. The monoisotopic (exact) mass is 250 g/mol. The van der Waals surface area contributed by atoms with Crippen molar-refractivity contribution in [3.8, 4) is 0 Å². The number of aromatic nitrogens is 1. The lowest BCUT2D eigenvalue weighted by molar-refractivity contribution is 0.412. The minimum atomic E-state index is 0.681. The summed E-state index contributed by atoms with van der Waals surface area (Å²) in [5, 5.41) is 0. The van der Waals surface area contributed by atoms with E-state index < -0.39 is 0 Å². The molecule has 1 aromatic heterocycles. The highest BCUT2D eigenvalue weighted by Gasteiger charge is 2.07. The number of pyridine rings is 1. The number of hydrogen-bond donors (Lipinski definition) is 1. The Balaban J connectivity index is 2.65. The van der Waals surface area contributed by atoms with Crippen molar-refractivity contribution in [3.63, 3.8) is 0 Å². The molecule has 0 spiro atoms. The Bertz CT molecular complexity index is 321. The average molecular weight is 250 g/mol. The van der Waals surface area contributed by atoms with Gasteiger partial charge in [0.1, 0.15) is 5.82 Å². The molecule has 0 aliphatic carbocycles. The second-order valence-electron chi connectivity index (χ2n) is 4.85. The Hall–Kier alpha value is -1.13. The summed E-state index contributed by atoms with van der Waals surface area (Å²) in [6.07, 6.45) is 3.99. The molecule has 1 heterocycles. The van der Waals surface area contributed by atoms with E-state index in [9.17, 15) is 0 Å². The maximum atomic E-state index is 5.54. The van der Waals surface area contributed by atoms with Crippen LogP contribution in [0.5, 0.6) is 0 Å². The molecule has 0 aliphatic rings. The third kappa shape index (κ3) is 5.02. The van der Waals surface area contributed by atoms with Crippen molar-refractivity contribution in [2.45, 2.75) is 19.8 Å². The first-order valence-electron chi connectivity index (χ1n) is 6.72. The second kappa shape index (κ2) is 8.06. The predicted molar refractivity (Wildman–Crippen MR) is 78.1 cm³/mol. The minimum Gasteiger partial charge on any atom is -0.355 e. The quantitative estimate of drug-likeness (QED) is 0.757. The van der Waals surface area contributed by atoms with Crippen molar-refractivity contribution in [1.82, 2.24) is 9.88 Å². The van der Waals surface area contributed by atoms with Crippen LogP contribution in [-0.4, -0.2) is 50.2 Å². The van der Waals surface area contributed by atoms with E-state index in [0.29, 0.717) is 6.54 Å². The summed E-state index contributed by atoms with van der Waals surface area (Å²) in [5.41, 5.74) is 6.76. The lowest BCUT2D eigenvalue weighted by Gasteiger charge is -2.25. The van der Waals surface area contributed by atoms with Crippen LogP contribution in [0.2, 0.25) is 0 Å². The molecule has 4 heteroatoms. The number of anilines is 1. The van der Waals surface area contributed by atoms with Gasteiger partial charge in [0.05, 0.1) is 0 Å². The Labute approximate surface area is 111 Å². The van der Waals surface area contributed by atoms with Gasteiger partial charge >= 0.3 is 0 Å². The van der Waals surface area contributed by atoms with Crippen LogP contribution in [0.15, 0.2) is 18.3 Å².